The molecular weight excluding hydrogens is 289 g/mol. The molecule has 1 aliphatic rings. The highest BCUT2D eigenvalue weighted by Gasteiger charge is 2.34. The van der Waals surface area contributed by atoms with Gasteiger partial charge in [0.1, 0.15) is 5.82 Å². The van der Waals surface area contributed by atoms with Gasteiger partial charge in [0.2, 0.25) is 10.0 Å². The molecule has 2 rings (SSSR count). The lowest BCUT2D eigenvalue weighted by Gasteiger charge is -2.23. The molecule has 1 aromatic carbocycles. The Labute approximate surface area is 118 Å². The van der Waals surface area contributed by atoms with Crippen molar-refractivity contribution in [3.63, 3.8) is 0 Å². The van der Waals surface area contributed by atoms with Crippen LogP contribution < -0.4 is 0 Å². The van der Waals surface area contributed by atoms with Gasteiger partial charge >= 0.3 is 0 Å². The molecule has 1 fully saturated rings. The topological polar surface area (TPSA) is 37.4 Å². The van der Waals surface area contributed by atoms with Crippen LogP contribution in [-0.2, 0) is 10.0 Å². The fourth-order valence-corrected chi connectivity index (χ4v) is 4.35. The predicted molar refractivity (Wildman–Crippen MR) is 73.3 cm³/mol. The Morgan fingerprint density at radius 1 is 1.32 bits per heavy atom. The number of benzene rings is 1. The molecule has 0 saturated carbocycles. The molecular formula is C13H17ClFNO2S. The van der Waals surface area contributed by atoms with Crippen LogP contribution in [0, 0.1) is 5.82 Å². The van der Waals surface area contributed by atoms with Crippen molar-refractivity contribution < 1.29 is 12.8 Å². The van der Waals surface area contributed by atoms with Crippen molar-refractivity contribution in [3.05, 3.63) is 30.1 Å². The Bertz CT molecular complexity index is 518. The van der Waals surface area contributed by atoms with Crippen LogP contribution in [-0.4, -0.2) is 31.2 Å². The second-order valence-corrected chi connectivity index (χ2v) is 6.97. The van der Waals surface area contributed by atoms with Gasteiger partial charge in [-0.25, -0.2) is 12.8 Å². The molecule has 1 saturated heterocycles. The summed E-state index contributed by atoms with van der Waals surface area (Å²) >= 11 is 5.67. The normalized spacial score (nSPS) is 20.8. The lowest BCUT2D eigenvalue weighted by molar-refractivity contribution is 0.368. The molecule has 6 heteroatoms. The smallest absolute Gasteiger partial charge is 0.207 e. The van der Waals surface area contributed by atoms with E-state index in [0.717, 1.165) is 25.7 Å². The van der Waals surface area contributed by atoms with Gasteiger partial charge in [0.25, 0.3) is 0 Å². The molecule has 1 heterocycles. The maximum Gasteiger partial charge on any atom is 0.243 e. The van der Waals surface area contributed by atoms with Crippen LogP contribution in [0.3, 0.4) is 0 Å². The average molecular weight is 306 g/mol. The van der Waals surface area contributed by atoms with Crippen molar-refractivity contribution >= 4 is 21.6 Å². The summed E-state index contributed by atoms with van der Waals surface area (Å²) in [6.07, 6.45) is 3.33. The molecule has 3 nitrogen and oxygen atoms in total. The Hall–Kier alpha value is -0.650. The number of alkyl halides is 1. The van der Waals surface area contributed by atoms with E-state index in [0.29, 0.717) is 12.4 Å². The summed E-state index contributed by atoms with van der Waals surface area (Å²) in [5.41, 5.74) is 0. The van der Waals surface area contributed by atoms with Gasteiger partial charge in [-0.05, 0) is 49.9 Å². The average Bonchev–Trinajstić information content (AvgIpc) is 2.86. The fraction of sp³-hybridized carbons (Fsp3) is 0.538. The number of halogens is 2. The zero-order valence-electron chi connectivity index (χ0n) is 10.6. The largest absolute Gasteiger partial charge is 0.243 e. The SMILES string of the molecule is O=S(=O)(c1ccc(F)cc1)N1CCCC1CCCCl. The molecule has 1 aliphatic heterocycles. The fourth-order valence-electron chi connectivity index (χ4n) is 2.47. The van der Waals surface area contributed by atoms with E-state index in [1.54, 1.807) is 0 Å². The minimum atomic E-state index is -3.51. The molecule has 1 aromatic rings. The van der Waals surface area contributed by atoms with Crippen molar-refractivity contribution in [2.75, 3.05) is 12.4 Å². The summed E-state index contributed by atoms with van der Waals surface area (Å²) in [6.45, 7) is 0.534. The first-order chi connectivity index (χ1) is 9.05. The molecule has 0 aliphatic carbocycles. The summed E-state index contributed by atoms with van der Waals surface area (Å²) in [7, 11) is -3.51. The maximum absolute atomic E-state index is 12.9. The van der Waals surface area contributed by atoms with Crippen LogP contribution in [0.2, 0.25) is 0 Å². The lowest BCUT2D eigenvalue weighted by Crippen LogP contribution is -2.35. The van der Waals surface area contributed by atoms with Crippen molar-refractivity contribution in [1.29, 1.82) is 0 Å². The van der Waals surface area contributed by atoms with E-state index in [1.165, 1.54) is 28.6 Å². The van der Waals surface area contributed by atoms with Crippen molar-refractivity contribution in [2.45, 2.75) is 36.6 Å². The van der Waals surface area contributed by atoms with E-state index in [9.17, 15) is 12.8 Å². The van der Waals surface area contributed by atoms with Crippen LogP contribution >= 0.6 is 11.6 Å². The molecule has 106 valence electrons. The van der Waals surface area contributed by atoms with Crippen LogP contribution in [0.1, 0.15) is 25.7 Å². The first-order valence-electron chi connectivity index (χ1n) is 6.39. The highest BCUT2D eigenvalue weighted by molar-refractivity contribution is 7.89. The van der Waals surface area contributed by atoms with E-state index < -0.39 is 15.8 Å². The van der Waals surface area contributed by atoms with Gasteiger partial charge in [0.05, 0.1) is 4.90 Å². The molecule has 0 spiro atoms. The van der Waals surface area contributed by atoms with Crippen LogP contribution in [0.5, 0.6) is 0 Å². The van der Waals surface area contributed by atoms with Gasteiger partial charge in [-0.15, -0.1) is 11.6 Å². The third kappa shape index (κ3) is 3.27. The quantitative estimate of drug-likeness (QED) is 0.784. The zero-order valence-corrected chi connectivity index (χ0v) is 12.1. The molecule has 0 amide bonds. The summed E-state index contributed by atoms with van der Waals surface area (Å²) in [5, 5.41) is 0. The Balaban J connectivity index is 2.21. The minimum absolute atomic E-state index is 0.0220. The Kier molecular flexibility index (Phi) is 4.81. The Morgan fingerprint density at radius 3 is 2.63 bits per heavy atom. The van der Waals surface area contributed by atoms with Gasteiger partial charge in [-0.1, -0.05) is 0 Å². The monoisotopic (exact) mass is 305 g/mol. The second-order valence-electron chi connectivity index (χ2n) is 4.70. The van der Waals surface area contributed by atoms with Crippen molar-refractivity contribution in [3.8, 4) is 0 Å². The van der Waals surface area contributed by atoms with E-state index in [2.05, 4.69) is 0 Å². The van der Waals surface area contributed by atoms with Gasteiger partial charge in [-0.3, -0.25) is 0 Å². The van der Waals surface area contributed by atoms with Crippen LogP contribution in [0.4, 0.5) is 4.39 Å². The number of hydrogen-bond donors (Lipinski definition) is 0. The van der Waals surface area contributed by atoms with E-state index >= 15 is 0 Å². The van der Waals surface area contributed by atoms with Crippen LogP contribution in [0.15, 0.2) is 29.2 Å². The number of hydrogen-bond acceptors (Lipinski definition) is 2. The van der Waals surface area contributed by atoms with Crippen molar-refractivity contribution in [2.24, 2.45) is 0 Å². The van der Waals surface area contributed by atoms with Gasteiger partial charge in [-0.2, -0.15) is 4.31 Å². The summed E-state index contributed by atoms with van der Waals surface area (Å²) in [4.78, 5) is 0.159. The van der Waals surface area contributed by atoms with E-state index in [-0.39, 0.29) is 10.9 Å². The van der Waals surface area contributed by atoms with Gasteiger partial charge in [0.15, 0.2) is 0 Å². The van der Waals surface area contributed by atoms with Gasteiger partial charge in [0, 0.05) is 18.5 Å². The molecule has 19 heavy (non-hydrogen) atoms. The molecule has 0 aromatic heterocycles. The second kappa shape index (κ2) is 6.20. The molecule has 1 atom stereocenters. The van der Waals surface area contributed by atoms with Gasteiger partial charge < -0.3 is 0 Å². The van der Waals surface area contributed by atoms with Crippen molar-refractivity contribution in [1.82, 2.24) is 4.31 Å². The predicted octanol–water partition coefficient (Wildman–Crippen LogP) is 3.00. The first kappa shape index (κ1) is 14.8. The van der Waals surface area contributed by atoms with E-state index in [4.69, 9.17) is 11.6 Å². The zero-order chi connectivity index (χ0) is 13.9. The third-order valence-corrected chi connectivity index (χ3v) is 5.65. The minimum Gasteiger partial charge on any atom is -0.207 e. The Morgan fingerprint density at radius 2 is 2.00 bits per heavy atom. The molecule has 0 radical (unpaired) electrons. The molecule has 0 bridgehead atoms. The molecule has 0 N–H and O–H groups in total. The number of sulfonamides is 1. The molecule has 1 unspecified atom stereocenters. The summed E-state index contributed by atoms with van der Waals surface area (Å²) in [5.74, 6) is 0.111. The highest BCUT2D eigenvalue weighted by Crippen LogP contribution is 2.28. The highest BCUT2D eigenvalue weighted by atomic mass is 35.5. The maximum atomic E-state index is 12.9. The third-order valence-electron chi connectivity index (χ3n) is 3.41. The summed E-state index contributed by atoms with van der Waals surface area (Å²) in [6, 6.07) is 5.02. The van der Waals surface area contributed by atoms with Crippen LogP contribution in [0.25, 0.3) is 0 Å². The van der Waals surface area contributed by atoms with E-state index in [1.807, 2.05) is 0 Å². The standard InChI is InChI=1S/C13H17ClFNO2S/c14-9-1-3-12-4-2-10-16(12)19(17,18)13-7-5-11(15)6-8-13/h5-8,12H,1-4,9-10H2. The number of nitrogens with zero attached hydrogens (tertiary/aromatic N) is 1. The summed E-state index contributed by atoms with van der Waals surface area (Å²) < 4.78 is 39.4. The lowest BCUT2D eigenvalue weighted by atomic mass is 10.1. The first-order valence-corrected chi connectivity index (χ1v) is 8.36. The number of rotatable bonds is 5.